The molecule has 0 unspecified atom stereocenters. The van der Waals surface area contributed by atoms with Gasteiger partial charge in [0.25, 0.3) is 0 Å². The Hall–Kier alpha value is -0.0300. The van der Waals surface area contributed by atoms with Crippen molar-refractivity contribution in [1.82, 2.24) is 0 Å². The highest BCUT2D eigenvalue weighted by molar-refractivity contribution is 9.11. The number of rotatable bonds is 3. The first-order valence-electron chi connectivity index (χ1n) is 6.69. The standard InChI is InChI=1S/C16H13Br3ClN/c17-11-7-14(18)16(15(19)8-11)21-13-5-10(6-13)9-1-3-12(20)4-2-9/h1-4,7-8,10,13,21H,5-6H2. The normalized spacial score (nSPS) is 21.0. The largest absolute Gasteiger partial charge is 0.380 e. The van der Waals surface area contributed by atoms with E-state index in [0.717, 1.165) is 37.0 Å². The first kappa shape index (κ1) is 15.9. The van der Waals surface area contributed by atoms with Crippen molar-refractivity contribution in [2.45, 2.75) is 24.8 Å². The predicted molar refractivity (Wildman–Crippen MR) is 100 cm³/mol. The molecule has 1 nitrogen and oxygen atoms in total. The lowest BCUT2D eigenvalue weighted by molar-refractivity contribution is 0.374. The van der Waals surface area contributed by atoms with E-state index in [1.807, 2.05) is 12.1 Å². The first-order valence-corrected chi connectivity index (χ1v) is 9.45. The highest BCUT2D eigenvalue weighted by Crippen LogP contribution is 2.42. The Morgan fingerprint density at radius 2 is 1.52 bits per heavy atom. The van der Waals surface area contributed by atoms with Crippen LogP contribution in [0.15, 0.2) is 49.8 Å². The number of nitrogens with one attached hydrogen (secondary N) is 1. The molecule has 0 aromatic heterocycles. The van der Waals surface area contributed by atoms with Gasteiger partial charge in [0.2, 0.25) is 0 Å². The van der Waals surface area contributed by atoms with Crippen molar-refractivity contribution in [3.8, 4) is 0 Å². The first-order chi connectivity index (χ1) is 10.0. The van der Waals surface area contributed by atoms with Crippen molar-refractivity contribution in [1.29, 1.82) is 0 Å². The highest BCUT2D eigenvalue weighted by Gasteiger charge is 2.30. The van der Waals surface area contributed by atoms with Gasteiger partial charge in [-0.05, 0) is 80.4 Å². The molecule has 0 amide bonds. The SMILES string of the molecule is Clc1ccc(C2CC(Nc3c(Br)cc(Br)cc3Br)C2)cc1. The summed E-state index contributed by atoms with van der Waals surface area (Å²) in [5.41, 5.74) is 2.50. The molecule has 3 rings (SSSR count). The topological polar surface area (TPSA) is 12.0 Å². The Bertz CT molecular complexity index is 628. The molecular weight excluding hydrogens is 481 g/mol. The van der Waals surface area contributed by atoms with Gasteiger partial charge in [0, 0.05) is 24.5 Å². The number of hydrogen-bond acceptors (Lipinski definition) is 1. The van der Waals surface area contributed by atoms with E-state index in [0.29, 0.717) is 12.0 Å². The van der Waals surface area contributed by atoms with Gasteiger partial charge in [-0.3, -0.25) is 0 Å². The molecule has 0 saturated heterocycles. The van der Waals surface area contributed by atoms with E-state index in [9.17, 15) is 0 Å². The average molecular weight is 494 g/mol. The molecule has 110 valence electrons. The quantitative estimate of drug-likeness (QED) is 0.485. The molecule has 1 N–H and O–H groups in total. The van der Waals surface area contributed by atoms with Crippen LogP contribution in [0, 0.1) is 0 Å². The fraction of sp³-hybridized carbons (Fsp3) is 0.250. The highest BCUT2D eigenvalue weighted by atomic mass is 79.9. The van der Waals surface area contributed by atoms with E-state index in [4.69, 9.17) is 11.6 Å². The molecule has 1 fully saturated rings. The van der Waals surface area contributed by atoms with Crippen LogP contribution in [0.25, 0.3) is 0 Å². The monoisotopic (exact) mass is 491 g/mol. The van der Waals surface area contributed by atoms with Gasteiger partial charge >= 0.3 is 0 Å². The zero-order valence-electron chi connectivity index (χ0n) is 11.0. The van der Waals surface area contributed by atoms with Gasteiger partial charge in [0.05, 0.1) is 5.69 Å². The molecule has 0 heterocycles. The van der Waals surface area contributed by atoms with Crippen LogP contribution < -0.4 is 5.32 Å². The summed E-state index contributed by atoms with van der Waals surface area (Å²) < 4.78 is 3.19. The zero-order chi connectivity index (χ0) is 15.0. The summed E-state index contributed by atoms with van der Waals surface area (Å²) in [5.74, 6) is 0.632. The fourth-order valence-corrected chi connectivity index (χ4v) is 5.24. The van der Waals surface area contributed by atoms with Crippen molar-refractivity contribution in [3.05, 3.63) is 60.4 Å². The van der Waals surface area contributed by atoms with Gasteiger partial charge in [0.15, 0.2) is 0 Å². The van der Waals surface area contributed by atoms with Gasteiger partial charge < -0.3 is 5.32 Å². The molecule has 2 aromatic carbocycles. The van der Waals surface area contributed by atoms with Crippen molar-refractivity contribution in [2.75, 3.05) is 5.32 Å². The van der Waals surface area contributed by atoms with Crippen LogP contribution in [0.5, 0.6) is 0 Å². The maximum atomic E-state index is 5.93. The summed E-state index contributed by atoms with van der Waals surface area (Å²) in [6.07, 6.45) is 2.30. The summed E-state index contributed by atoms with van der Waals surface area (Å²) >= 11 is 16.6. The second-order valence-corrected chi connectivity index (χ2v) is 8.37. The Morgan fingerprint density at radius 1 is 0.952 bits per heavy atom. The van der Waals surface area contributed by atoms with E-state index >= 15 is 0 Å². The van der Waals surface area contributed by atoms with Crippen LogP contribution in [0.3, 0.4) is 0 Å². The Balaban J connectivity index is 1.64. The smallest absolute Gasteiger partial charge is 0.0631 e. The Kier molecular flexibility index (Phi) is 4.99. The molecule has 1 aliphatic rings. The number of benzene rings is 2. The maximum absolute atomic E-state index is 5.93. The lowest BCUT2D eigenvalue weighted by Gasteiger charge is -2.37. The van der Waals surface area contributed by atoms with Crippen LogP contribution in [-0.2, 0) is 0 Å². The van der Waals surface area contributed by atoms with Crippen molar-refractivity contribution in [3.63, 3.8) is 0 Å². The van der Waals surface area contributed by atoms with E-state index < -0.39 is 0 Å². The van der Waals surface area contributed by atoms with Gasteiger partial charge in [-0.25, -0.2) is 0 Å². The van der Waals surface area contributed by atoms with E-state index in [1.54, 1.807) is 0 Å². The number of anilines is 1. The van der Waals surface area contributed by atoms with Crippen LogP contribution in [0.1, 0.15) is 24.3 Å². The summed E-state index contributed by atoms with van der Waals surface area (Å²) in [4.78, 5) is 0. The molecular formula is C16H13Br3ClN. The van der Waals surface area contributed by atoms with E-state index in [-0.39, 0.29) is 0 Å². The van der Waals surface area contributed by atoms with Crippen LogP contribution >= 0.6 is 59.4 Å². The third-order valence-electron chi connectivity index (χ3n) is 3.83. The average Bonchev–Trinajstić information content (AvgIpc) is 2.37. The third-order valence-corrected chi connectivity index (χ3v) is 5.80. The Labute approximate surface area is 154 Å². The molecule has 0 spiro atoms. The maximum Gasteiger partial charge on any atom is 0.0631 e. The minimum atomic E-state index is 0.513. The summed E-state index contributed by atoms with van der Waals surface area (Å²) in [7, 11) is 0. The molecule has 21 heavy (non-hydrogen) atoms. The number of hydrogen-bond donors (Lipinski definition) is 1. The lowest BCUT2D eigenvalue weighted by Crippen LogP contribution is -2.34. The lowest BCUT2D eigenvalue weighted by atomic mass is 9.76. The molecule has 0 aliphatic heterocycles. The second kappa shape index (κ2) is 6.61. The van der Waals surface area contributed by atoms with Crippen molar-refractivity contribution in [2.24, 2.45) is 0 Å². The van der Waals surface area contributed by atoms with Crippen molar-refractivity contribution < 1.29 is 0 Å². The molecule has 1 aliphatic carbocycles. The van der Waals surface area contributed by atoms with E-state index in [1.165, 1.54) is 5.56 Å². The molecule has 2 aromatic rings. The Morgan fingerprint density at radius 3 is 2.10 bits per heavy atom. The molecule has 5 heteroatoms. The molecule has 0 bridgehead atoms. The molecule has 0 radical (unpaired) electrons. The van der Waals surface area contributed by atoms with Gasteiger partial charge in [-0.2, -0.15) is 0 Å². The molecule has 1 saturated carbocycles. The number of halogens is 4. The predicted octanol–water partition coefficient (Wildman–Crippen LogP) is 6.99. The third kappa shape index (κ3) is 3.66. The van der Waals surface area contributed by atoms with Gasteiger partial charge in [-0.15, -0.1) is 0 Å². The summed E-state index contributed by atoms with van der Waals surface area (Å²) in [6.45, 7) is 0. The van der Waals surface area contributed by atoms with Crippen LogP contribution in [0.4, 0.5) is 5.69 Å². The van der Waals surface area contributed by atoms with Gasteiger partial charge in [-0.1, -0.05) is 39.7 Å². The minimum absolute atomic E-state index is 0.513. The van der Waals surface area contributed by atoms with Crippen molar-refractivity contribution >= 4 is 65.1 Å². The summed E-state index contributed by atoms with van der Waals surface area (Å²) in [6, 6.07) is 12.8. The minimum Gasteiger partial charge on any atom is -0.380 e. The van der Waals surface area contributed by atoms with Gasteiger partial charge in [0.1, 0.15) is 0 Å². The van der Waals surface area contributed by atoms with E-state index in [2.05, 4.69) is 77.4 Å². The summed E-state index contributed by atoms with van der Waals surface area (Å²) in [5, 5.41) is 4.41. The zero-order valence-corrected chi connectivity index (χ0v) is 16.6. The van der Waals surface area contributed by atoms with Crippen LogP contribution in [0.2, 0.25) is 5.02 Å². The second-order valence-electron chi connectivity index (χ2n) is 5.31. The van der Waals surface area contributed by atoms with Crippen LogP contribution in [-0.4, -0.2) is 6.04 Å². The fourth-order valence-electron chi connectivity index (χ4n) is 2.63. The molecule has 0 atom stereocenters.